The van der Waals surface area contributed by atoms with Crippen LogP contribution in [0.25, 0.3) is 0 Å². The number of likely N-dealkylation sites (tertiary alicyclic amines) is 1. The van der Waals surface area contributed by atoms with Crippen molar-refractivity contribution in [2.45, 2.75) is 31.9 Å². The molecule has 2 N–H and O–H groups in total. The fourth-order valence-electron chi connectivity index (χ4n) is 3.11. The molecule has 1 unspecified atom stereocenters. The van der Waals surface area contributed by atoms with E-state index < -0.39 is 0 Å². The van der Waals surface area contributed by atoms with Crippen molar-refractivity contribution in [1.29, 1.82) is 0 Å². The van der Waals surface area contributed by atoms with Crippen molar-refractivity contribution in [3.63, 3.8) is 0 Å². The van der Waals surface area contributed by atoms with Gasteiger partial charge < -0.3 is 15.4 Å². The van der Waals surface area contributed by atoms with Gasteiger partial charge in [0.2, 0.25) is 0 Å². The number of carbonyl (C=O) groups is 1. The molecule has 134 valence electrons. The van der Waals surface area contributed by atoms with Crippen molar-refractivity contribution < 1.29 is 9.53 Å². The van der Waals surface area contributed by atoms with E-state index in [0.29, 0.717) is 13.2 Å². The van der Waals surface area contributed by atoms with Gasteiger partial charge in [-0.25, -0.2) is 0 Å². The van der Waals surface area contributed by atoms with Crippen LogP contribution in [-0.2, 0) is 6.61 Å². The first-order chi connectivity index (χ1) is 11.8. The average molecular weight is 361 g/mol. The highest BCUT2D eigenvalue weighted by molar-refractivity contribution is 5.94. The Bertz CT molecular complexity index is 661. The molecule has 1 fully saturated rings. The van der Waals surface area contributed by atoms with Gasteiger partial charge in [0.05, 0.1) is 0 Å². The van der Waals surface area contributed by atoms with Crippen molar-refractivity contribution >= 4 is 18.3 Å². The highest BCUT2D eigenvalue weighted by Crippen LogP contribution is 2.19. The zero-order valence-corrected chi connectivity index (χ0v) is 15.1. The van der Waals surface area contributed by atoms with Crippen LogP contribution >= 0.6 is 12.4 Å². The Labute approximate surface area is 155 Å². The zero-order chi connectivity index (χ0) is 16.8. The van der Waals surface area contributed by atoms with Crippen LogP contribution in [0.5, 0.6) is 5.75 Å². The minimum absolute atomic E-state index is 0. The summed E-state index contributed by atoms with van der Waals surface area (Å²) in [7, 11) is 0. The molecule has 2 aromatic rings. The summed E-state index contributed by atoms with van der Waals surface area (Å²) in [6.45, 7) is 1.84. The molecular formula is C20H25ClN2O2. The molecule has 0 radical (unpaired) electrons. The van der Waals surface area contributed by atoms with Crippen LogP contribution < -0.4 is 10.5 Å². The molecule has 1 saturated heterocycles. The monoisotopic (exact) mass is 360 g/mol. The zero-order valence-electron chi connectivity index (χ0n) is 14.3. The van der Waals surface area contributed by atoms with E-state index in [4.69, 9.17) is 10.5 Å². The largest absolute Gasteiger partial charge is 0.489 e. The lowest BCUT2D eigenvalue weighted by Crippen LogP contribution is -2.47. The second-order valence-electron chi connectivity index (χ2n) is 6.18. The summed E-state index contributed by atoms with van der Waals surface area (Å²) in [5.41, 5.74) is 7.58. The molecule has 25 heavy (non-hydrogen) atoms. The van der Waals surface area contributed by atoms with E-state index in [-0.39, 0.29) is 24.4 Å². The molecule has 5 heteroatoms. The van der Waals surface area contributed by atoms with Gasteiger partial charge >= 0.3 is 0 Å². The molecule has 1 aliphatic rings. The van der Waals surface area contributed by atoms with Gasteiger partial charge in [0, 0.05) is 24.7 Å². The van der Waals surface area contributed by atoms with Crippen molar-refractivity contribution in [3.05, 3.63) is 65.7 Å². The molecular weight excluding hydrogens is 336 g/mol. The number of para-hydroxylation sites is 1. The predicted octanol–water partition coefficient (Wildman–Crippen LogP) is 3.64. The number of hydrogen-bond donors (Lipinski definition) is 1. The maximum Gasteiger partial charge on any atom is 0.254 e. The van der Waals surface area contributed by atoms with Crippen molar-refractivity contribution in [3.8, 4) is 5.75 Å². The third-order valence-corrected chi connectivity index (χ3v) is 4.51. The number of carbonyl (C=O) groups excluding carboxylic acids is 1. The van der Waals surface area contributed by atoms with E-state index in [9.17, 15) is 4.79 Å². The number of halogens is 1. The Balaban J connectivity index is 0.00000225. The molecule has 0 spiro atoms. The summed E-state index contributed by atoms with van der Waals surface area (Å²) in [5.74, 6) is 0.928. The number of hydrogen-bond acceptors (Lipinski definition) is 3. The maximum atomic E-state index is 12.7. The molecule has 2 aromatic carbocycles. The van der Waals surface area contributed by atoms with Crippen LogP contribution in [0.4, 0.5) is 0 Å². The third-order valence-electron chi connectivity index (χ3n) is 4.51. The van der Waals surface area contributed by atoms with Crippen LogP contribution in [-0.4, -0.2) is 29.9 Å². The highest BCUT2D eigenvalue weighted by Gasteiger charge is 2.26. The molecule has 0 aromatic heterocycles. The van der Waals surface area contributed by atoms with E-state index in [1.54, 1.807) is 0 Å². The molecule has 1 amide bonds. The lowest BCUT2D eigenvalue weighted by atomic mass is 10.0. The summed E-state index contributed by atoms with van der Waals surface area (Å²) >= 11 is 0. The second-order valence-corrected chi connectivity index (χ2v) is 6.18. The van der Waals surface area contributed by atoms with E-state index in [0.717, 1.165) is 42.7 Å². The fraction of sp³-hybridized carbons (Fsp3) is 0.350. The number of nitrogens with zero attached hydrogens (tertiary/aromatic N) is 1. The molecule has 0 saturated carbocycles. The standard InChI is InChI=1S/C20H24N2O2.ClH/c21-14-18-6-4-5-13-22(18)20(23)17-11-9-16(10-12-17)15-24-19-7-2-1-3-8-19;/h1-3,7-12,18H,4-6,13-15,21H2;1H. The van der Waals surface area contributed by atoms with Crippen LogP contribution in [0, 0.1) is 0 Å². The van der Waals surface area contributed by atoms with E-state index in [2.05, 4.69) is 0 Å². The van der Waals surface area contributed by atoms with Crippen LogP contribution in [0.15, 0.2) is 54.6 Å². The van der Waals surface area contributed by atoms with Gasteiger partial charge in [0.25, 0.3) is 5.91 Å². The number of nitrogens with two attached hydrogens (primary N) is 1. The van der Waals surface area contributed by atoms with Crippen LogP contribution in [0.2, 0.25) is 0 Å². The average Bonchev–Trinajstić information content (AvgIpc) is 2.67. The number of benzene rings is 2. The molecule has 1 heterocycles. The smallest absolute Gasteiger partial charge is 0.254 e. The van der Waals surface area contributed by atoms with Crippen molar-refractivity contribution in [2.24, 2.45) is 5.73 Å². The van der Waals surface area contributed by atoms with Gasteiger partial charge in [-0.05, 0) is 49.1 Å². The van der Waals surface area contributed by atoms with Gasteiger partial charge in [0.15, 0.2) is 0 Å². The SMILES string of the molecule is Cl.NCC1CCCCN1C(=O)c1ccc(COc2ccccc2)cc1. The topological polar surface area (TPSA) is 55.6 Å². The first-order valence-electron chi connectivity index (χ1n) is 8.56. The van der Waals surface area contributed by atoms with Gasteiger partial charge in [-0.3, -0.25) is 4.79 Å². The minimum Gasteiger partial charge on any atom is -0.489 e. The summed E-state index contributed by atoms with van der Waals surface area (Å²) in [6.07, 6.45) is 3.22. The molecule has 4 nitrogen and oxygen atoms in total. The molecule has 1 aliphatic heterocycles. The van der Waals surface area contributed by atoms with E-state index >= 15 is 0 Å². The van der Waals surface area contributed by atoms with Gasteiger partial charge in [-0.2, -0.15) is 0 Å². The first kappa shape index (κ1) is 19.3. The van der Waals surface area contributed by atoms with Crippen LogP contribution in [0.3, 0.4) is 0 Å². The fourth-order valence-corrected chi connectivity index (χ4v) is 3.11. The summed E-state index contributed by atoms with van der Waals surface area (Å²) in [6, 6.07) is 17.6. The predicted molar refractivity (Wildman–Crippen MR) is 102 cm³/mol. The summed E-state index contributed by atoms with van der Waals surface area (Å²) in [4.78, 5) is 14.6. The van der Waals surface area contributed by atoms with Crippen molar-refractivity contribution in [1.82, 2.24) is 4.90 Å². The molecule has 1 atom stereocenters. The lowest BCUT2D eigenvalue weighted by molar-refractivity contribution is 0.0623. The first-order valence-corrected chi connectivity index (χ1v) is 8.56. The number of rotatable bonds is 5. The normalized spacial score (nSPS) is 16.8. The minimum atomic E-state index is 0. The highest BCUT2D eigenvalue weighted by atomic mass is 35.5. The second kappa shape index (κ2) is 9.44. The van der Waals surface area contributed by atoms with Crippen LogP contribution in [0.1, 0.15) is 35.2 Å². The number of amides is 1. The van der Waals surface area contributed by atoms with Gasteiger partial charge in [0.1, 0.15) is 12.4 Å². The Morgan fingerprint density at radius 3 is 2.48 bits per heavy atom. The van der Waals surface area contributed by atoms with Gasteiger partial charge in [-0.1, -0.05) is 30.3 Å². The Hall–Kier alpha value is -2.04. The lowest BCUT2D eigenvalue weighted by Gasteiger charge is -2.35. The third kappa shape index (κ3) is 4.97. The van der Waals surface area contributed by atoms with Gasteiger partial charge in [-0.15, -0.1) is 12.4 Å². The molecule has 0 aliphatic carbocycles. The van der Waals surface area contributed by atoms with Crippen molar-refractivity contribution in [2.75, 3.05) is 13.1 Å². The number of piperidine rings is 1. The number of ether oxygens (including phenoxy) is 1. The summed E-state index contributed by atoms with van der Waals surface area (Å²) < 4.78 is 5.73. The Morgan fingerprint density at radius 2 is 1.80 bits per heavy atom. The Kier molecular flexibility index (Phi) is 7.29. The Morgan fingerprint density at radius 1 is 1.08 bits per heavy atom. The van der Waals surface area contributed by atoms with E-state index in [1.807, 2.05) is 59.5 Å². The van der Waals surface area contributed by atoms with E-state index in [1.165, 1.54) is 0 Å². The quantitative estimate of drug-likeness (QED) is 0.885. The summed E-state index contributed by atoms with van der Waals surface area (Å²) in [5, 5.41) is 0. The maximum absolute atomic E-state index is 12.7. The molecule has 0 bridgehead atoms. The molecule has 3 rings (SSSR count).